The normalized spacial score (nSPS) is 9.85. The molecular weight excluding hydrogens is 320 g/mol. The first kappa shape index (κ1) is 16.5. The Morgan fingerprint density at radius 2 is 1.90 bits per heavy atom. The maximum Gasteiger partial charge on any atom is 0.251 e. The van der Waals surface area contributed by atoms with E-state index in [9.17, 15) is 4.79 Å². The van der Waals surface area contributed by atoms with Gasteiger partial charge in [0, 0.05) is 44.8 Å². The number of hydrogen-bond acceptors (Lipinski definition) is 2. The second-order valence-corrected chi connectivity index (χ2v) is 5.65. The first-order valence-electron chi connectivity index (χ1n) is 6.34. The number of nitrogens with one attached hydrogen (secondary N) is 1. The number of rotatable bonds is 4. The molecule has 0 saturated heterocycles. The molecule has 1 rings (SSSR count). The summed E-state index contributed by atoms with van der Waals surface area (Å²) in [5.41, 5.74) is 0.642. The maximum absolute atomic E-state index is 11.9. The molecule has 0 bridgehead atoms. The van der Waals surface area contributed by atoms with Crippen LogP contribution in [0.2, 0.25) is 0 Å². The lowest BCUT2D eigenvalue weighted by Crippen LogP contribution is -2.36. The molecule has 1 aromatic carbocycles. The van der Waals surface area contributed by atoms with Gasteiger partial charge in [0.1, 0.15) is 0 Å². The fraction of sp³-hybridized carbons (Fsp3) is 0.429. The van der Waals surface area contributed by atoms with Crippen molar-refractivity contribution in [1.82, 2.24) is 15.1 Å². The van der Waals surface area contributed by atoms with Gasteiger partial charge >= 0.3 is 0 Å². The average Bonchev–Trinajstić information content (AvgIpc) is 2.37. The molecule has 0 fully saturated rings. The highest BCUT2D eigenvalue weighted by molar-refractivity contribution is 9.10. The van der Waals surface area contributed by atoms with Gasteiger partial charge in [-0.15, -0.1) is 0 Å². The van der Waals surface area contributed by atoms with Crippen molar-refractivity contribution < 1.29 is 4.79 Å². The number of halogens is 1. The van der Waals surface area contributed by atoms with E-state index in [0.717, 1.165) is 10.4 Å². The topological polar surface area (TPSA) is 47.9 Å². The lowest BCUT2D eigenvalue weighted by molar-refractivity contribution is 0.0954. The van der Waals surface area contributed by atoms with Crippen molar-refractivity contribution >= 4 is 27.8 Å². The fourth-order valence-electron chi connectivity index (χ4n) is 1.74. The van der Waals surface area contributed by atoms with Crippen molar-refractivity contribution in [2.24, 2.45) is 4.99 Å². The van der Waals surface area contributed by atoms with Gasteiger partial charge in [-0.2, -0.15) is 0 Å². The highest BCUT2D eigenvalue weighted by Crippen LogP contribution is 2.11. The van der Waals surface area contributed by atoms with Gasteiger partial charge in [-0.1, -0.05) is 22.0 Å². The van der Waals surface area contributed by atoms with E-state index in [-0.39, 0.29) is 5.91 Å². The Bertz CT molecular complexity index is 476. The smallest absolute Gasteiger partial charge is 0.251 e. The van der Waals surface area contributed by atoms with Crippen molar-refractivity contribution in [2.45, 2.75) is 0 Å². The third-order valence-electron chi connectivity index (χ3n) is 2.54. The van der Waals surface area contributed by atoms with Gasteiger partial charge < -0.3 is 15.1 Å². The van der Waals surface area contributed by atoms with E-state index < -0.39 is 0 Å². The van der Waals surface area contributed by atoms with Gasteiger partial charge in [-0.25, -0.2) is 0 Å². The van der Waals surface area contributed by atoms with Crippen molar-refractivity contribution in [1.29, 1.82) is 0 Å². The van der Waals surface area contributed by atoms with Crippen molar-refractivity contribution in [3.8, 4) is 0 Å². The Balaban J connectivity index is 2.48. The molecule has 20 heavy (non-hydrogen) atoms. The summed E-state index contributed by atoms with van der Waals surface area (Å²) in [6.07, 6.45) is 0. The van der Waals surface area contributed by atoms with Crippen LogP contribution in [0.5, 0.6) is 0 Å². The molecule has 1 N–H and O–H groups in total. The molecule has 0 spiro atoms. The van der Waals surface area contributed by atoms with E-state index in [0.29, 0.717) is 18.7 Å². The second-order valence-electron chi connectivity index (χ2n) is 4.74. The minimum atomic E-state index is -0.0854. The Kier molecular flexibility index (Phi) is 6.51. The monoisotopic (exact) mass is 340 g/mol. The summed E-state index contributed by atoms with van der Waals surface area (Å²) in [4.78, 5) is 20.2. The lowest BCUT2D eigenvalue weighted by Gasteiger charge is -2.22. The molecule has 0 unspecified atom stereocenters. The summed E-state index contributed by atoms with van der Waals surface area (Å²) in [7, 11) is 7.77. The van der Waals surface area contributed by atoms with Crippen LogP contribution in [-0.4, -0.2) is 62.9 Å². The van der Waals surface area contributed by atoms with Crippen LogP contribution < -0.4 is 5.32 Å². The number of nitrogens with zero attached hydrogens (tertiary/aromatic N) is 3. The minimum absolute atomic E-state index is 0.0854. The Labute approximate surface area is 128 Å². The van der Waals surface area contributed by atoms with Gasteiger partial charge in [-0.05, 0) is 18.2 Å². The molecule has 1 amide bonds. The van der Waals surface area contributed by atoms with Crippen molar-refractivity contribution in [3.05, 3.63) is 34.3 Å². The summed E-state index contributed by atoms with van der Waals surface area (Å²) in [6, 6.07) is 7.31. The van der Waals surface area contributed by atoms with Crippen LogP contribution in [0.15, 0.2) is 33.7 Å². The quantitative estimate of drug-likeness (QED) is 0.515. The lowest BCUT2D eigenvalue weighted by atomic mass is 10.2. The Morgan fingerprint density at radius 3 is 2.45 bits per heavy atom. The average molecular weight is 341 g/mol. The molecule has 0 atom stereocenters. The number of aliphatic imine (C=N–C) groups is 1. The predicted octanol–water partition coefficient (Wildman–Crippen LogP) is 1.66. The summed E-state index contributed by atoms with van der Waals surface area (Å²) >= 11 is 3.35. The molecule has 5 nitrogen and oxygen atoms in total. The summed E-state index contributed by atoms with van der Waals surface area (Å²) in [5, 5.41) is 2.86. The van der Waals surface area contributed by atoms with Gasteiger partial charge in [-0.3, -0.25) is 9.79 Å². The van der Waals surface area contributed by atoms with Crippen molar-refractivity contribution in [3.63, 3.8) is 0 Å². The van der Waals surface area contributed by atoms with Crippen LogP contribution in [0.4, 0.5) is 0 Å². The molecule has 6 heteroatoms. The van der Waals surface area contributed by atoms with Crippen LogP contribution in [0.1, 0.15) is 10.4 Å². The molecular formula is C14H21BrN4O. The molecule has 0 aliphatic heterocycles. The zero-order valence-electron chi connectivity index (χ0n) is 12.4. The third-order valence-corrected chi connectivity index (χ3v) is 3.03. The maximum atomic E-state index is 11.9. The Hall–Kier alpha value is -1.56. The van der Waals surface area contributed by atoms with Gasteiger partial charge in [0.05, 0.1) is 6.54 Å². The standard InChI is InChI=1S/C14H21BrN4O/c1-18(2)14(19(3)4)17-9-8-16-13(20)11-6-5-7-12(15)10-11/h5-7,10H,8-9H2,1-4H3,(H,16,20). The van der Waals surface area contributed by atoms with E-state index in [1.165, 1.54) is 0 Å². The van der Waals surface area contributed by atoms with E-state index in [1.807, 2.05) is 50.1 Å². The predicted molar refractivity (Wildman–Crippen MR) is 86.2 cm³/mol. The summed E-state index contributed by atoms with van der Waals surface area (Å²) in [6.45, 7) is 1.06. The van der Waals surface area contributed by atoms with E-state index in [1.54, 1.807) is 12.1 Å². The van der Waals surface area contributed by atoms with Crippen LogP contribution in [0.3, 0.4) is 0 Å². The largest absolute Gasteiger partial charge is 0.350 e. The summed E-state index contributed by atoms with van der Waals surface area (Å²) in [5.74, 6) is 0.791. The van der Waals surface area contributed by atoms with E-state index >= 15 is 0 Å². The van der Waals surface area contributed by atoms with Crippen LogP contribution >= 0.6 is 15.9 Å². The van der Waals surface area contributed by atoms with Gasteiger partial charge in [0.25, 0.3) is 5.91 Å². The zero-order valence-corrected chi connectivity index (χ0v) is 13.9. The SMILES string of the molecule is CN(C)C(=NCCNC(=O)c1cccc(Br)c1)N(C)C. The number of amides is 1. The first-order valence-corrected chi connectivity index (χ1v) is 7.14. The second kappa shape index (κ2) is 7.89. The zero-order chi connectivity index (χ0) is 15.1. The molecule has 0 aliphatic rings. The number of hydrogen-bond donors (Lipinski definition) is 1. The first-order chi connectivity index (χ1) is 9.41. The molecule has 0 aromatic heterocycles. The minimum Gasteiger partial charge on any atom is -0.350 e. The van der Waals surface area contributed by atoms with E-state index in [4.69, 9.17) is 0 Å². The molecule has 1 aromatic rings. The molecule has 0 heterocycles. The van der Waals surface area contributed by atoms with Gasteiger partial charge in [0.15, 0.2) is 5.96 Å². The van der Waals surface area contributed by atoms with Crippen LogP contribution in [0.25, 0.3) is 0 Å². The van der Waals surface area contributed by atoms with Crippen LogP contribution in [-0.2, 0) is 0 Å². The van der Waals surface area contributed by atoms with E-state index in [2.05, 4.69) is 26.2 Å². The number of guanidine groups is 1. The highest BCUT2D eigenvalue weighted by Gasteiger charge is 2.06. The van der Waals surface area contributed by atoms with Crippen molar-refractivity contribution in [2.75, 3.05) is 41.3 Å². The van der Waals surface area contributed by atoms with Crippen LogP contribution in [0, 0.1) is 0 Å². The number of carbonyl (C=O) groups excluding carboxylic acids is 1. The highest BCUT2D eigenvalue weighted by atomic mass is 79.9. The molecule has 0 radical (unpaired) electrons. The fourth-order valence-corrected chi connectivity index (χ4v) is 2.14. The number of benzene rings is 1. The molecule has 110 valence electrons. The number of carbonyl (C=O) groups is 1. The Morgan fingerprint density at radius 1 is 1.25 bits per heavy atom. The van der Waals surface area contributed by atoms with Gasteiger partial charge in [0.2, 0.25) is 0 Å². The molecule has 0 saturated carbocycles. The summed E-state index contributed by atoms with van der Waals surface area (Å²) < 4.78 is 0.894. The molecule has 0 aliphatic carbocycles. The third kappa shape index (κ3) is 5.21.